The Bertz CT molecular complexity index is 844. The second-order valence-corrected chi connectivity index (χ2v) is 6.00. The molecule has 0 N–H and O–H groups in total. The summed E-state index contributed by atoms with van der Waals surface area (Å²) in [4.78, 5) is 11.5. The summed E-state index contributed by atoms with van der Waals surface area (Å²) in [6.07, 6.45) is 5.41. The zero-order chi connectivity index (χ0) is 15.1. The molecule has 2 nitrogen and oxygen atoms in total. The molecule has 1 aliphatic rings. The van der Waals surface area contributed by atoms with E-state index in [0.29, 0.717) is 5.56 Å². The fourth-order valence-corrected chi connectivity index (χ4v) is 3.07. The molecule has 4 rings (SSSR count). The van der Waals surface area contributed by atoms with E-state index in [4.69, 9.17) is 0 Å². The van der Waals surface area contributed by atoms with E-state index in [1.807, 2.05) is 18.3 Å². The maximum absolute atomic E-state index is 13.2. The smallest absolute Gasteiger partial charge is 0.152 e. The quantitative estimate of drug-likeness (QED) is 0.641. The van der Waals surface area contributed by atoms with Gasteiger partial charge in [0.05, 0.1) is 0 Å². The Kier molecular flexibility index (Phi) is 3.07. The number of rotatable bonds is 4. The molecule has 2 aromatic carbocycles. The van der Waals surface area contributed by atoms with Crippen LogP contribution in [0.25, 0.3) is 22.0 Å². The number of benzene rings is 2. The highest BCUT2D eigenvalue weighted by Crippen LogP contribution is 2.36. The lowest BCUT2D eigenvalue weighted by Gasteiger charge is -2.07. The molecule has 0 spiro atoms. The second-order valence-electron chi connectivity index (χ2n) is 6.00. The molecule has 1 fully saturated rings. The SMILES string of the molecule is O=Cc1cn(CC2CC2)c2cccc(-c3ccc(F)cc3)c12. The van der Waals surface area contributed by atoms with E-state index in [1.54, 1.807) is 12.1 Å². The Morgan fingerprint density at radius 3 is 2.59 bits per heavy atom. The first-order valence-electron chi connectivity index (χ1n) is 7.59. The van der Waals surface area contributed by atoms with Gasteiger partial charge < -0.3 is 4.57 Å². The van der Waals surface area contributed by atoms with Crippen LogP contribution in [0.15, 0.2) is 48.7 Å². The van der Waals surface area contributed by atoms with Gasteiger partial charge in [0.1, 0.15) is 5.82 Å². The molecule has 1 heterocycles. The van der Waals surface area contributed by atoms with Crippen LogP contribution in [0.5, 0.6) is 0 Å². The van der Waals surface area contributed by atoms with Gasteiger partial charge in [0.2, 0.25) is 0 Å². The molecule has 1 aromatic heterocycles. The highest BCUT2D eigenvalue weighted by molar-refractivity contribution is 6.06. The van der Waals surface area contributed by atoms with Crippen molar-refractivity contribution >= 4 is 17.2 Å². The average molecular weight is 293 g/mol. The Balaban J connectivity index is 1.92. The number of hydrogen-bond donors (Lipinski definition) is 0. The van der Waals surface area contributed by atoms with Gasteiger partial charge in [-0.15, -0.1) is 0 Å². The van der Waals surface area contributed by atoms with Crippen molar-refractivity contribution in [3.63, 3.8) is 0 Å². The Morgan fingerprint density at radius 2 is 1.91 bits per heavy atom. The number of fused-ring (bicyclic) bond motifs is 1. The Hall–Kier alpha value is -2.42. The van der Waals surface area contributed by atoms with E-state index < -0.39 is 0 Å². The molecule has 3 heteroatoms. The van der Waals surface area contributed by atoms with Crippen LogP contribution in [0.3, 0.4) is 0 Å². The number of aldehydes is 1. The van der Waals surface area contributed by atoms with E-state index in [1.165, 1.54) is 25.0 Å². The van der Waals surface area contributed by atoms with Crippen LogP contribution in [0.1, 0.15) is 23.2 Å². The zero-order valence-electron chi connectivity index (χ0n) is 12.1. The summed E-state index contributed by atoms with van der Waals surface area (Å²) in [5, 5.41) is 0.963. The first-order valence-corrected chi connectivity index (χ1v) is 7.59. The molecule has 22 heavy (non-hydrogen) atoms. The van der Waals surface area contributed by atoms with Crippen molar-refractivity contribution in [1.82, 2.24) is 4.57 Å². The van der Waals surface area contributed by atoms with Crippen molar-refractivity contribution in [3.8, 4) is 11.1 Å². The van der Waals surface area contributed by atoms with Gasteiger partial charge in [-0.2, -0.15) is 0 Å². The van der Waals surface area contributed by atoms with Crippen molar-refractivity contribution in [3.05, 3.63) is 60.0 Å². The predicted octanol–water partition coefficient (Wildman–Crippen LogP) is 4.67. The maximum atomic E-state index is 13.2. The highest BCUT2D eigenvalue weighted by atomic mass is 19.1. The molecule has 0 bridgehead atoms. The molecule has 0 aliphatic heterocycles. The molecule has 1 aliphatic carbocycles. The summed E-state index contributed by atoms with van der Waals surface area (Å²) in [6.45, 7) is 0.969. The Labute approximate surface area is 128 Å². The van der Waals surface area contributed by atoms with Gasteiger partial charge in [-0.3, -0.25) is 4.79 Å². The number of hydrogen-bond acceptors (Lipinski definition) is 1. The minimum absolute atomic E-state index is 0.252. The van der Waals surface area contributed by atoms with E-state index in [2.05, 4.69) is 10.6 Å². The fraction of sp³-hybridized carbons (Fsp3) is 0.211. The van der Waals surface area contributed by atoms with Gasteiger partial charge >= 0.3 is 0 Å². The van der Waals surface area contributed by atoms with Crippen LogP contribution in [-0.2, 0) is 6.54 Å². The standard InChI is InChI=1S/C19H16FNO/c20-16-8-6-14(7-9-16)17-2-1-3-18-19(17)15(12-22)11-21(18)10-13-4-5-13/h1-3,6-9,11-13H,4-5,10H2. The molecule has 110 valence electrons. The van der Waals surface area contributed by atoms with Gasteiger partial charge in [-0.25, -0.2) is 4.39 Å². The van der Waals surface area contributed by atoms with Gasteiger partial charge in [0, 0.05) is 29.2 Å². The second kappa shape index (κ2) is 5.09. The van der Waals surface area contributed by atoms with Crippen LogP contribution in [0.4, 0.5) is 4.39 Å². The third kappa shape index (κ3) is 2.23. The van der Waals surface area contributed by atoms with Gasteiger partial charge in [-0.05, 0) is 48.1 Å². The van der Waals surface area contributed by atoms with E-state index in [-0.39, 0.29) is 5.82 Å². The molecular weight excluding hydrogens is 277 g/mol. The normalized spacial score (nSPS) is 14.4. The largest absolute Gasteiger partial charge is 0.346 e. The van der Waals surface area contributed by atoms with E-state index >= 15 is 0 Å². The average Bonchev–Trinajstić information content (AvgIpc) is 3.28. The van der Waals surface area contributed by atoms with Crippen LogP contribution in [-0.4, -0.2) is 10.9 Å². The van der Waals surface area contributed by atoms with Crippen molar-refractivity contribution in [1.29, 1.82) is 0 Å². The fourth-order valence-electron chi connectivity index (χ4n) is 3.07. The summed E-state index contributed by atoms with van der Waals surface area (Å²) >= 11 is 0. The molecule has 0 saturated heterocycles. The zero-order valence-corrected chi connectivity index (χ0v) is 12.1. The minimum atomic E-state index is -0.252. The monoisotopic (exact) mass is 293 g/mol. The lowest BCUT2D eigenvalue weighted by atomic mass is 9.99. The first-order chi connectivity index (χ1) is 10.8. The summed E-state index contributed by atoms with van der Waals surface area (Å²) in [5.41, 5.74) is 3.69. The molecule has 0 atom stereocenters. The first kappa shape index (κ1) is 13.3. The predicted molar refractivity (Wildman–Crippen MR) is 85.4 cm³/mol. The lowest BCUT2D eigenvalue weighted by Crippen LogP contribution is -1.97. The summed E-state index contributed by atoms with van der Waals surface area (Å²) < 4.78 is 15.3. The summed E-state index contributed by atoms with van der Waals surface area (Å²) in [7, 11) is 0. The number of aromatic nitrogens is 1. The molecule has 0 radical (unpaired) electrons. The molecule has 0 unspecified atom stereocenters. The van der Waals surface area contributed by atoms with Crippen molar-refractivity contribution in [2.45, 2.75) is 19.4 Å². The number of nitrogens with zero attached hydrogens (tertiary/aromatic N) is 1. The van der Waals surface area contributed by atoms with E-state index in [0.717, 1.165) is 40.8 Å². The van der Waals surface area contributed by atoms with Crippen molar-refractivity contribution < 1.29 is 9.18 Å². The number of halogens is 1. The van der Waals surface area contributed by atoms with Crippen LogP contribution < -0.4 is 0 Å². The topological polar surface area (TPSA) is 22.0 Å². The molecule has 0 amide bonds. The van der Waals surface area contributed by atoms with Crippen molar-refractivity contribution in [2.75, 3.05) is 0 Å². The minimum Gasteiger partial charge on any atom is -0.346 e. The molecular formula is C19H16FNO. The third-order valence-corrected chi connectivity index (χ3v) is 4.37. The van der Waals surface area contributed by atoms with Gasteiger partial charge in [0.25, 0.3) is 0 Å². The number of carbonyl (C=O) groups excluding carboxylic acids is 1. The Morgan fingerprint density at radius 1 is 1.14 bits per heavy atom. The maximum Gasteiger partial charge on any atom is 0.152 e. The van der Waals surface area contributed by atoms with Crippen LogP contribution >= 0.6 is 0 Å². The molecule has 1 saturated carbocycles. The van der Waals surface area contributed by atoms with Crippen LogP contribution in [0, 0.1) is 11.7 Å². The van der Waals surface area contributed by atoms with Gasteiger partial charge in [-0.1, -0.05) is 24.3 Å². The van der Waals surface area contributed by atoms with Gasteiger partial charge in [0.15, 0.2) is 6.29 Å². The number of carbonyl (C=O) groups is 1. The van der Waals surface area contributed by atoms with Crippen LogP contribution in [0.2, 0.25) is 0 Å². The molecule has 3 aromatic rings. The lowest BCUT2D eigenvalue weighted by molar-refractivity contribution is 0.112. The highest BCUT2D eigenvalue weighted by Gasteiger charge is 2.23. The van der Waals surface area contributed by atoms with Crippen molar-refractivity contribution in [2.24, 2.45) is 5.92 Å². The summed E-state index contributed by atoms with van der Waals surface area (Å²) in [5.74, 6) is 0.488. The summed E-state index contributed by atoms with van der Waals surface area (Å²) in [6, 6.07) is 12.5. The third-order valence-electron chi connectivity index (χ3n) is 4.37. The van der Waals surface area contributed by atoms with E-state index in [9.17, 15) is 9.18 Å².